The van der Waals surface area contributed by atoms with Crippen LogP contribution in [0.1, 0.15) is 52.8 Å². The maximum atomic E-state index is 6.19. The van der Waals surface area contributed by atoms with Gasteiger partial charge in [0.2, 0.25) is 5.71 Å². The second kappa shape index (κ2) is 13.8. The average molecular weight is 843 g/mol. The van der Waals surface area contributed by atoms with Crippen LogP contribution in [0, 0.1) is 24.5 Å². The van der Waals surface area contributed by atoms with E-state index < -0.39 is 8.07 Å². The molecule has 7 rings (SSSR count). The van der Waals surface area contributed by atoms with Crippen molar-refractivity contribution in [2.24, 2.45) is 5.41 Å². The summed E-state index contributed by atoms with van der Waals surface area (Å²) in [5, 5.41) is 3.54. The third-order valence-electron chi connectivity index (χ3n) is 8.40. The summed E-state index contributed by atoms with van der Waals surface area (Å²) in [5.74, 6) is 0.866. The Balaban J connectivity index is 0.000000194. The Hall–Kier alpha value is -3.90. The first-order valence-electron chi connectivity index (χ1n) is 16.8. The standard InChI is InChI=1S/C23H20N3O.C19H26NSi.Ir/c1-14-12-13-16-15-8-7-9-17(20(15)27-22(16)24-14)21-25-18-10-5-6-11-19(18)26(21)23(2,3)4;1-19(2,3)13-16-12-17(15-10-8-7-9-11-15)20-14-18(16)21(4,5)6;/h5-8,10-13H,1-4H3;7-10,12,14H,13H2,1-6H3;/q2*-1;. The van der Waals surface area contributed by atoms with E-state index in [2.05, 4.69) is 113 Å². The number of pyridine rings is 2. The number of nitrogens with zero attached hydrogens (tertiary/aromatic N) is 4. The molecule has 0 spiro atoms. The summed E-state index contributed by atoms with van der Waals surface area (Å²) in [4.78, 5) is 14.2. The molecule has 0 aliphatic rings. The molecule has 49 heavy (non-hydrogen) atoms. The first-order chi connectivity index (χ1) is 22.6. The van der Waals surface area contributed by atoms with Crippen molar-refractivity contribution in [3.05, 3.63) is 108 Å². The van der Waals surface area contributed by atoms with Gasteiger partial charge in [-0.3, -0.25) is 4.98 Å². The molecule has 0 bridgehead atoms. The SMILES string of the molecule is CC(C)(C)Cc1cc(-c2[c-]cccc2)ncc1[Si](C)(C)C.Cc1ccc2c(n1)oc1c(-c3nc4ccccc4n3C(C)(C)C)[c-]ccc12.[Ir]. The molecule has 0 saturated carbocycles. The number of aryl methyl sites for hydroxylation is 1. The van der Waals surface area contributed by atoms with Gasteiger partial charge in [0.05, 0.1) is 30.5 Å². The number of hydrogen-bond acceptors (Lipinski definition) is 4. The van der Waals surface area contributed by atoms with Crippen LogP contribution in [0.2, 0.25) is 19.6 Å². The molecular weight excluding hydrogens is 797 g/mol. The summed E-state index contributed by atoms with van der Waals surface area (Å²) < 4.78 is 8.45. The molecule has 1 radical (unpaired) electrons. The zero-order valence-electron chi connectivity index (χ0n) is 30.3. The molecule has 0 N–H and O–H groups in total. The predicted molar refractivity (Wildman–Crippen MR) is 203 cm³/mol. The molecule has 0 atom stereocenters. The van der Waals surface area contributed by atoms with Crippen molar-refractivity contribution in [1.82, 2.24) is 19.5 Å². The molecule has 0 aliphatic carbocycles. The van der Waals surface area contributed by atoms with Crippen molar-refractivity contribution in [2.75, 3.05) is 0 Å². The van der Waals surface area contributed by atoms with Crippen LogP contribution in [0.3, 0.4) is 0 Å². The van der Waals surface area contributed by atoms with E-state index in [1.165, 1.54) is 10.8 Å². The van der Waals surface area contributed by atoms with Gasteiger partial charge >= 0.3 is 0 Å². The van der Waals surface area contributed by atoms with E-state index in [0.717, 1.165) is 62.1 Å². The first-order valence-corrected chi connectivity index (χ1v) is 20.3. The number of fused-ring (bicyclic) bond motifs is 4. The monoisotopic (exact) mass is 843 g/mol. The largest absolute Gasteiger partial charge is 0.486 e. The number of aromatic nitrogens is 4. The summed E-state index contributed by atoms with van der Waals surface area (Å²) in [6.07, 6.45) is 3.21. The van der Waals surface area contributed by atoms with Gasteiger partial charge in [0.15, 0.2) is 0 Å². The molecule has 7 heteroatoms. The normalized spacial score (nSPS) is 12.2. The number of hydrogen-bond donors (Lipinski definition) is 0. The molecule has 5 nitrogen and oxygen atoms in total. The maximum Gasteiger partial charge on any atom is 0.216 e. The quantitative estimate of drug-likeness (QED) is 0.131. The Labute approximate surface area is 305 Å². The smallest absolute Gasteiger partial charge is 0.216 e. The second-order valence-electron chi connectivity index (χ2n) is 15.9. The van der Waals surface area contributed by atoms with E-state index in [1.807, 2.05) is 61.5 Å². The van der Waals surface area contributed by atoms with Gasteiger partial charge in [0.1, 0.15) is 0 Å². The number of furan rings is 1. The topological polar surface area (TPSA) is 56.7 Å². The minimum absolute atomic E-state index is 0. The van der Waals surface area contributed by atoms with Gasteiger partial charge in [-0.2, -0.15) is 0 Å². The average Bonchev–Trinajstić information content (AvgIpc) is 3.59. The first kappa shape index (κ1) is 36.4. The van der Waals surface area contributed by atoms with Crippen LogP contribution in [-0.4, -0.2) is 27.6 Å². The Kier molecular flexibility index (Phi) is 10.2. The summed E-state index contributed by atoms with van der Waals surface area (Å²) in [5.41, 5.74) is 9.05. The van der Waals surface area contributed by atoms with Crippen LogP contribution in [0.5, 0.6) is 0 Å². The van der Waals surface area contributed by atoms with Crippen LogP contribution < -0.4 is 5.19 Å². The summed E-state index contributed by atoms with van der Waals surface area (Å²) >= 11 is 0. The second-order valence-corrected chi connectivity index (χ2v) is 21.0. The van der Waals surface area contributed by atoms with Gasteiger partial charge in [0.25, 0.3) is 0 Å². The van der Waals surface area contributed by atoms with Crippen molar-refractivity contribution >= 4 is 46.4 Å². The van der Waals surface area contributed by atoms with Crippen LogP contribution in [-0.2, 0) is 32.1 Å². The van der Waals surface area contributed by atoms with Crippen molar-refractivity contribution in [1.29, 1.82) is 0 Å². The van der Waals surface area contributed by atoms with Crippen molar-refractivity contribution < 1.29 is 24.5 Å². The molecule has 255 valence electrons. The Bertz CT molecular complexity index is 2230. The molecule has 0 amide bonds. The number of rotatable bonds is 4. The van der Waals surface area contributed by atoms with E-state index in [-0.39, 0.29) is 31.1 Å². The van der Waals surface area contributed by atoms with Crippen molar-refractivity contribution in [3.63, 3.8) is 0 Å². The minimum Gasteiger partial charge on any atom is -0.486 e. The molecule has 7 aromatic rings. The Morgan fingerprint density at radius 3 is 2.22 bits per heavy atom. The van der Waals surface area contributed by atoms with Gasteiger partial charge in [0, 0.05) is 42.9 Å². The fourth-order valence-corrected chi connectivity index (χ4v) is 7.92. The third-order valence-corrected chi connectivity index (χ3v) is 10.5. The van der Waals surface area contributed by atoms with Gasteiger partial charge < -0.3 is 14.0 Å². The molecule has 0 unspecified atom stereocenters. The van der Waals surface area contributed by atoms with Crippen LogP contribution in [0.25, 0.3) is 55.7 Å². The van der Waals surface area contributed by atoms with Gasteiger partial charge in [-0.25, -0.2) is 4.98 Å². The summed E-state index contributed by atoms with van der Waals surface area (Å²) in [6, 6.07) is 33.3. The third kappa shape index (κ3) is 7.80. The predicted octanol–water partition coefficient (Wildman–Crippen LogP) is 10.5. The Morgan fingerprint density at radius 2 is 1.55 bits per heavy atom. The van der Waals surface area contributed by atoms with Gasteiger partial charge in [-0.15, -0.1) is 54.1 Å². The summed E-state index contributed by atoms with van der Waals surface area (Å²) in [6.45, 7) is 22.6. The van der Waals surface area contributed by atoms with Gasteiger partial charge in [-0.1, -0.05) is 75.1 Å². The zero-order valence-corrected chi connectivity index (χ0v) is 33.7. The zero-order chi connectivity index (χ0) is 34.4. The van der Waals surface area contributed by atoms with Crippen LogP contribution in [0.4, 0.5) is 0 Å². The molecular formula is C42H46IrN4OSi-2. The molecule has 0 aliphatic heterocycles. The number of benzene rings is 3. The molecule has 3 aromatic carbocycles. The van der Waals surface area contributed by atoms with E-state index >= 15 is 0 Å². The van der Waals surface area contributed by atoms with E-state index in [9.17, 15) is 0 Å². The molecule has 4 heterocycles. The molecule has 0 fully saturated rings. The Morgan fingerprint density at radius 1 is 0.816 bits per heavy atom. The van der Waals surface area contributed by atoms with Crippen LogP contribution in [0.15, 0.2) is 89.5 Å². The van der Waals surface area contributed by atoms with E-state index in [1.54, 1.807) is 0 Å². The molecule has 4 aromatic heterocycles. The number of para-hydroxylation sites is 2. The van der Waals surface area contributed by atoms with E-state index in [4.69, 9.17) is 14.4 Å². The summed E-state index contributed by atoms with van der Waals surface area (Å²) in [7, 11) is -1.37. The van der Waals surface area contributed by atoms with Crippen LogP contribution >= 0.6 is 0 Å². The van der Waals surface area contributed by atoms with Crippen molar-refractivity contribution in [3.8, 4) is 22.6 Å². The fourth-order valence-electron chi connectivity index (χ4n) is 6.34. The maximum absolute atomic E-state index is 6.19. The number of imidazole rings is 1. The minimum atomic E-state index is -1.37. The van der Waals surface area contributed by atoms with E-state index in [0.29, 0.717) is 5.71 Å². The van der Waals surface area contributed by atoms with Crippen molar-refractivity contribution in [2.45, 2.75) is 80.1 Å². The fraction of sp³-hybridized carbons (Fsp3) is 0.310. The van der Waals surface area contributed by atoms with Gasteiger partial charge in [-0.05, 0) is 74.7 Å². The molecule has 0 saturated heterocycles.